The molecule has 0 spiro atoms. The predicted molar refractivity (Wildman–Crippen MR) is 160 cm³/mol. The Balaban J connectivity index is 1.62. The van der Waals surface area contributed by atoms with E-state index >= 15 is 0 Å². The van der Waals surface area contributed by atoms with Gasteiger partial charge in [0.1, 0.15) is 6.10 Å². The van der Waals surface area contributed by atoms with Crippen molar-refractivity contribution in [2.24, 2.45) is 11.3 Å². The molecule has 3 aromatic rings. The van der Waals surface area contributed by atoms with Gasteiger partial charge < -0.3 is 9.64 Å². The van der Waals surface area contributed by atoms with Crippen molar-refractivity contribution in [3.63, 3.8) is 0 Å². The van der Waals surface area contributed by atoms with Crippen LogP contribution in [0.4, 0.5) is 5.95 Å². The van der Waals surface area contributed by atoms with Gasteiger partial charge in [-0.2, -0.15) is 4.98 Å². The molecule has 6 bridgehead atoms. The summed E-state index contributed by atoms with van der Waals surface area (Å²) in [7, 11) is -4.08. The Morgan fingerprint density at radius 3 is 2.44 bits per heavy atom. The molecule has 1 fully saturated rings. The number of nitrogens with zero attached hydrogens (tertiary/aromatic N) is 4. The van der Waals surface area contributed by atoms with Crippen LogP contribution in [0.15, 0.2) is 53.4 Å². The van der Waals surface area contributed by atoms with E-state index in [9.17, 15) is 13.2 Å². The summed E-state index contributed by atoms with van der Waals surface area (Å²) in [5.41, 5.74) is 3.90. The molecule has 3 heterocycles. The van der Waals surface area contributed by atoms with E-state index in [2.05, 4.69) is 47.3 Å². The Kier molecular flexibility index (Phi) is 7.82. The zero-order valence-electron chi connectivity index (χ0n) is 24.6. The zero-order chi connectivity index (χ0) is 29.5. The summed E-state index contributed by atoms with van der Waals surface area (Å²) in [6, 6.07) is 13.8. The predicted octanol–water partition coefficient (Wildman–Crippen LogP) is 4.76. The summed E-state index contributed by atoms with van der Waals surface area (Å²) >= 11 is 0. The number of rotatable bonds is 3. The molecule has 2 aliphatic rings. The maximum atomic E-state index is 13.7. The summed E-state index contributed by atoms with van der Waals surface area (Å²) < 4.78 is 35.9. The van der Waals surface area contributed by atoms with Crippen molar-refractivity contribution in [2.75, 3.05) is 37.4 Å². The minimum atomic E-state index is -4.08. The van der Waals surface area contributed by atoms with E-state index in [0.717, 1.165) is 23.2 Å². The fourth-order valence-corrected chi connectivity index (χ4v) is 6.32. The Morgan fingerprint density at radius 2 is 1.73 bits per heavy atom. The van der Waals surface area contributed by atoms with Crippen LogP contribution in [-0.2, 0) is 10.0 Å². The van der Waals surface area contributed by atoms with E-state index in [1.807, 2.05) is 32.0 Å². The van der Waals surface area contributed by atoms with Gasteiger partial charge in [-0.15, -0.1) is 0 Å². The van der Waals surface area contributed by atoms with E-state index in [4.69, 9.17) is 4.74 Å². The maximum Gasteiger partial charge on any atom is 0.264 e. The summed E-state index contributed by atoms with van der Waals surface area (Å²) in [5.74, 6) is 0.363. The molecule has 1 amide bonds. The molecule has 218 valence electrons. The number of hydrogen-bond acceptors (Lipinski definition) is 7. The molecule has 41 heavy (non-hydrogen) atoms. The van der Waals surface area contributed by atoms with Crippen molar-refractivity contribution >= 4 is 21.9 Å². The average Bonchev–Trinajstić information content (AvgIpc) is 3.08. The highest BCUT2D eigenvalue weighted by atomic mass is 32.2. The summed E-state index contributed by atoms with van der Waals surface area (Å²) in [6.07, 6.45) is -0.386. The van der Waals surface area contributed by atoms with Crippen molar-refractivity contribution in [2.45, 2.75) is 52.5 Å². The number of aromatic nitrogens is 2. The number of nitrogens with one attached hydrogen (secondary N) is 1. The topological polar surface area (TPSA) is 105 Å². The van der Waals surface area contributed by atoms with Gasteiger partial charge in [0.2, 0.25) is 11.8 Å². The highest BCUT2D eigenvalue weighted by Crippen LogP contribution is 2.31. The van der Waals surface area contributed by atoms with Crippen LogP contribution >= 0.6 is 0 Å². The first-order chi connectivity index (χ1) is 19.3. The SMILES string of the molecule is Cc1cccc(C)c1-c1cc2nc(n1)NS(=O)(=O)c1cccc(c1)C(=O)N1CCN(CC(C)C(C)(C)C)C[C@H](C1)O2. The van der Waals surface area contributed by atoms with Crippen LogP contribution in [0, 0.1) is 25.2 Å². The first-order valence-corrected chi connectivity index (χ1v) is 15.6. The molecule has 1 unspecified atom stereocenters. The highest BCUT2D eigenvalue weighted by Gasteiger charge is 2.32. The van der Waals surface area contributed by atoms with Gasteiger partial charge >= 0.3 is 0 Å². The summed E-state index contributed by atoms with van der Waals surface area (Å²) in [6.45, 7) is 16.0. The Morgan fingerprint density at radius 1 is 1.02 bits per heavy atom. The number of aryl methyl sites for hydroxylation is 2. The van der Waals surface area contributed by atoms with Crippen molar-refractivity contribution < 1.29 is 17.9 Å². The second-order valence-corrected chi connectivity index (χ2v) is 14.0. The van der Waals surface area contributed by atoms with Gasteiger partial charge in [-0.3, -0.25) is 9.69 Å². The molecule has 2 aromatic carbocycles. The molecule has 1 aromatic heterocycles. The first kappa shape index (κ1) is 29.0. The molecule has 0 saturated carbocycles. The lowest BCUT2D eigenvalue weighted by Crippen LogP contribution is -2.41. The number of fused-ring (bicyclic) bond motifs is 6. The van der Waals surface area contributed by atoms with Crippen molar-refractivity contribution in [3.8, 4) is 17.1 Å². The molecule has 9 nitrogen and oxygen atoms in total. The monoisotopic (exact) mass is 577 g/mol. The van der Waals surface area contributed by atoms with Gasteiger partial charge in [0.25, 0.3) is 15.9 Å². The quantitative estimate of drug-likeness (QED) is 0.479. The molecule has 1 N–H and O–H groups in total. The van der Waals surface area contributed by atoms with Crippen LogP contribution in [0.2, 0.25) is 0 Å². The van der Waals surface area contributed by atoms with E-state index in [0.29, 0.717) is 43.4 Å². The van der Waals surface area contributed by atoms with Crippen molar-refractivity contribution in [1.29, 1.82) is 0 Å². The maximum absolute atomic E-state index is 13.7. The minimum absolute atomic E-state index is 0.0295. The molecule has 5 rings (SSSR count). The van der Waals surface area contributed by atoms with Gasteiger partial charge in [0.15, 0.2) is 0 Å². The third kappa shape index (κ3) is 6.38. The average molecular weight is 578 g/mol. The summed E-state index contributed by atoms with van der Waals surface area (Å²) in [5, 5.41) is 0. The fourth-order valence-electron chi connectivity index (χ4n) is 5.33. The minimum Gasteiger partial charge on any atom is -0.471 e. The molecule has 2 atom stereocenters. The van der Waals surface area contributed by atoms with E-state index in [1.54, 1.807) is 23.1 Å². The Labute approximate surface area is 243 Å². The molecule has 0 aliphatic carbocycles. The number of benzene rings is 2. The second-order valence-electron chi connectivity index (χ2n) is 12.3. The normalized spacial score (nSPS) is 20.0. The standard InChI is InChI=1S/C31H39N5O4S/c1-20-9-7-10-21(2)28(20)26-16-27-33-30(32-26)34-41(38,39)25-12-8-11-23(15-25)29(37)36-14-13-35(18-24(19-36)40-27)17-22(3)31(4,5)6/h7-12,15-16,22,24H,13-14,17-19H2,1-6H3,(H,32,33,34)/t22?,24-/m1/s1. The molecular weight excluding hydrogens is 538 g/mol. The van der Waals surface area contributed by atoms with E-state index in [1.165, 1.54) is 12.1 Å². The van der Waals surface area contributed by atoms with Crippen molar-refractivity contribution in [3.05, 3.63) is 65.2 Å². The van der Waals surface area contributed by atoms with Crippen molar-refractivity contribution in [1.82, 2.24) is 19.8 Å². The lowest BCUT2D eigenvalue weighted by Gasteiger charge is -2.33. The molecule has 1 saturated heterocycles. The number of amides is 1. The number of anilines is 1. The zero-order valence-corrected chi connectivity index (χ0v) is 25.5. The largest absolute Gasteiger partial charge is 0.471 e. The smallest absolute Gasteiger partial charge is 0.264 e. The lowest BCUT2D eigenvalue weighted by atomic mass is 9.82. The number of sulfonamides is 1. The molecule has 0 radical (unpaired) electrons. The number of hydrogen-bond donors (Lipinski definition) is 1. The Bertz CT molecular complexity index is 1550. The van der Waals surface area contributed by atoms with Crippen LogP contribution in [0.25, 0.3) is 11.3 Å². The summed E-state index contributed by atoms with van der Waals surface area (Å²) in [4.78, 5) is 26.9. The number of carbonyl (C=O) groups excluding carboxylic acids is 1. The lowest BCUT2D eigenvalue weighted by molar-refractivity contribution is 0.0688. The van der Waals surface area contributed by atoms with Gasteiger partial charge in [-0.25, -0.2) is 18.1 Å². The number of carbonyl (C=O) groups is 1. The highest BCUT2D eigenvalue weighted by molar-refractivity contribution is 7.92. The van der Waals surface area contributed by atoms with E-state index in [-0.39, 0.29) is 34.1 Å². The second kappa shape index (κ2) is 11.1. The van der Waals surface area contributed by atoms with Crippen LogP contribution in [0.3, 0.4) is 0 Å². The van der Waals surface area contributed by atoms with Crippen LogP contribution in [-0.4, -0.2) is 72.9 Å². The van der Waals surface area contributed by atoms with Gasteiger partial charge in [0, 0.05) is 43.4 Å². The van der Waals surface area contributed by atoms with Crippen LogP contribution in [0.5, 0.6) is 5.88 Å². The van der Waals surface area contributed by atoms with Gasteiger partial charge in [-0.1, -0.05) is 52.0 Å². The molecule has 10 heteroatoms. The third-order valence-corrected chi connectivity index (χ3v) is 9.54. The fraction of sp³-hybridized carbons (Fsp3) is 0.452. The van der Waals surface area contributed by atoms with Crippen LogP contribution in [0.1, 0.15) is 49.2 Å². The molecule has 2 aliphatic heterocycles. The van der Waals surface area contributed by atoms with Gasteiger partial charge in [-0.05, 0) is 54.5 Å². The number of ether oxygens (including phenoxy) is 1. The van der Waals surface area contributed by atoms with E-state index < -0.39 is 10.0 Å². The third-order valence-electron chi connectivity index (χ3n) is 8.21. The molecular formula is C31H39N5O4S. The Hall–Kier alpha value is -3.50. The van der Waals surface area contributed by atoms with Gasteiger partial charge in [0.05, 0.1) is 17.1 Å². The van der Waals surface area contributed by atoms with Crippen LogP contribution < -0.4 is 9.46 Å². The first-order valence-electron chi connectivity index (χ1n) is 14.1.